The monoisotopic (exact) mass is 168 g/mol. The van der Waals surface area contributed by atoms with Gasteiger partial charge in [-0.25, -0.2) is 0 Å². The molecular formula is C10H16O2. The van der Waals surface area contributed by atoms with E-state index >= 15 is 0 Å². The molecule has 0 radical (unpaired) electrons. The molecule has 68 valence electrons. The van der Waals surface area contributed by atoms with Gasteiger partial charge in [0, 0.05) is 10.8 Å². The predicted molar refractivity (Wildman–Crippen MR) is 45.7 cm³/mol. The maximum atomic E-state index is 11.1. The van der Waals surface area contributed by atoms with Crippen LogP contribution in [0.2, 0.25) is 0 Å². The van der Waals surface area contributed by atoms with Crippen molar-refractivity contribution in [3.63, 3.8) is 0 Å². The van der Waals surface area contributed by atoms with Gasteiger partial charge in [-0.15, -0.1) is 0 Å². The van der Waals surface area contributed by atoms with Gasteiger partial charge in [-0.1, -0.05) is 13.3 Å². The van der Waals surface area contributed by atoms with E-state index in [0.717, 1.165) is 38.4 Å². The lowest BCUT2D eigenvalue weighted by atomic mass is 9.69. The average Bonchev–Trinajstić information content (AvgIpc) is 2.50. The second kappa shape index (κ2) is 2.32. The van der Waals surface area contributed by atoms with E-state index in [1.165, 1.54) is 0 Å². The Kier molecular flexibility index (Phi) is 1.59. The highest BCUT2D eigenvalue weighted by atomic mass is 16.3. The van der Waals surface area contributed by atoms with Gasteiger partial charge in [0.2, 0.25) is 0 Å². The number of fused-ring (bicyclic) bond motifs is 1. The topological polar surface area (TPSA) is 37.3 Å². The van der Waals surface area contributed by atoms with Crippen LogP contribution in [-0.2, 0) is 4.79 Å². The first-order valence-electron chi connectivity index (χ1n) is 4.79. The molecule has 0 aromatic heterocycles. The minimum Gasteiger partial charge on any atom is -0.393 e. The van der Waals surface area contributed by atoms with E-state index in [2.05, 4.69) is 6.92 Å². The number of aldehydes is 1. The van der Waals surface area contributed by atoms with E-state index < -0.39 is 0 Å². The van der Waals surface area contributed by atoms with Crippen LogP contribution in [0.25, 0.3) is 0 Å². The summed E-state index contributed by atoms with van der Waals surface area (Å²) in [6, 6.07) is 0. The Bertz CT molecular complexity index is 214. The molecule has 1 N–H and O–H groups in total. The Labute approximate surface area is 73.0 Å². The molecular weight excluding hydrogens is 152 g/mol. The van der Waals surface area contributed by atoms with Gasteiger partial charge in [-0.2, -0.15) is 0 Å². The molecule has 2 saturated carbocycles. The number of carbonyl (C=O) groups excluding carboxylic acids is 1. The fraction of sp³-hybridized carbons (Fsp3) is 0.900. The summed E-state index contributed by atoms with van der Waals surface area (Å²) in [5.74, 6) is 0. The first-order chi connectivity index (χ1) is 5.65. The zero-order chi connectivity index (χ0) is 8.82. The Morgan fingerprint density at radius 2 is 2.17 bits per heavy atom. The van der Waals surface area contributed by atoms with Crippen molar-refractivity contribution in [3.8, 4) is 0 Å². The molecule has 2 aliphatic carbocycles. The van der Waals surface area contributed by atoms with Crippen molar-refractivity contribution < 1.29 is 9.90 Å². The van der Waals surface area contributed by atoms with Gasteiger partial charge in [0.15, 0.2) is 0 Å². The summed E-state index contributed by atoms with van der Waals surface area (Å²) in [4.78, 5) is 11.1. The van der Waals surface area contributed by atoms with Crippen molar-refractivity contribution in [1.29, 1.82) is 0 Å². The first kappa shape index (κ1) is 8.24. The minimum atomic E-state index is -0.245. The smallest absolute Gasteiger partial charge is 0.126 e. The molecule has 2 heteroatoms. The SMILES string of the molecule is C[C@]12CCC[C@@]1(C=O)CC[C@@H]2O. The van der Waals surface area contributed by atoms with E-state index in [1.54, 1.807) is 0 Å². The molecule has 0 aliphatic heterocycles. The molecule has 2 aliphatic rings. The van der Waals surface area contributed by atoms with Gasteiger partial charge in [0.05, 0.1) is 6.10 Å². The number of hydrogen-bond donors (Lipinski definition) is 1. The third-order valence-electron chi connectivity index (χ3n) is 4.28. The number of aliphatic hydroxyl groups is 1. The fourth-order valence-electron chi connectivity index (χ4n) is 3.18. The van der Waals surface area contributed by atoms with Crippen molar-refractivity contribution in [2.75, 3.05) is 0 Å². The van der Waals surface area contributed by atoms with Crippen LogP contribution in [0.1, 0.15) is 39.0 Å². The number of rotatable bonds is 1. The normalized spacial score (nSPS) is 52.3. The van der Waals surface area contributed by atoms with Gasteiger partial charge in [-0.3, -0.25) is 0 Å². The molecule has 0 spiro atoms. The zero-order valence-corrected chi connectivity index (χ0v) is 7.55. The van der Waals surface area contributed by atoms with Crippen LogP contribution in [0.3, 0.4) is 0 Å². The highest BCUT2D eigenvalue weighted by molar-refractivity contribution is 5.63. The third-order valence-corrected chi connectivity index (χ3v) is 4.28. The summed E-state index contributed by atoms with van der Waals surface area (Å²) in [5, 5.41) is 9.80. The molecule has 2 fully saturated rings. The third kappa shape index (κ3) is 0.717. The summed E-state index contributed by atoms with van der Waals surface area (Å²) in [7, 11) is 0. The van der Waals surface area contributed by atoms with E-state index in [0.29, 0.717) is 0 Å². The van der Waals surface area contributed by atoms with Crippen LogP contribution in [0, 0.1) is 10.8 Å². The van der Waals surface area contributed by atoms with Gasteiger partial charge in [0.25, 0.3) is 0 Å². The molecule has 3 atom stereocenters. The standard InChI is InChI=1S/C10H16O2/c1-9-4-2-5-10(9,7-11)6-3-8(9)12/h7-8,12H,2-6H2,1H3/t8-,9+,10-/m0/s1. The Morgan fingerprint density at radius 3 is 2.75 bits per heavy atom. The van der Waals surface area contributed by atoms with Crippen molar-refractivity contribution >= 4 is 6.29 Å². The van der Waals surface area contributed by atoms with Crippen molar-refractivity contribution in [2.45, 2.75) is 45.1 Å². The summed E-state index contributed by atoms with van der Waals surface area (Å²) in [5.41, 5.74) is -0.277. The van der Waals surface area contributed by atoms with Crippen LogP contribution < -0.4 is 0 Å². The Balaban J connectivity index is 2.39. The van der Waals surface area contributed by atoms with Crippen molar-refractivity contribution in [1.82, 2.24) is 0 Å². The van der Waals surface area contributed by atoms with Crippen LogP contribution in [-0.4, -0.2) is 17.5 Å². The van der Waals surface area contributed by atoms with Gasteiger partial charge < -0.3 is 9.90 Å². The maximum absolute atomic E-state index is 11.1. The second-order valence-electron chi connectivity index (χ2n) is 4.60. The largest absolute Gasteiger partial charge is 0.393 e. The number of hydrogen-bond acceptors (Lipinski definition) is 2. The Hall–Kier alpha value is -0.370. The molecule has 2 nitrogen and oxygen atoms in total. The molecule has 12 heavy (non-hydrogen) atoms. The minimum absolute atomic E-state index is 0.102. The quantitative estimate of drug-likeness (QED) is 0.603. The van der Waals surface area contributed by atoms with Crippen molar-refractivity contribution in [3.05, 3.63) is 0 Å². The molecule has 0 bridgehead atoms. The van der Waals surface area contributed by atoms with Crippen LogP contribution in [0.5, 0.6) is 0 Å². The van der Waals surface area contributed by atoms with E-state index in [-0.39, 0.29) is 16.9 Å². The van der Waals surface area contributed by atoms with Gasteiger partial charge >= 0.3 is 0 Å². The highest BCUT2D eigenvalue weighted by Gasteiger charge is 2.59. The van der Waals surface area contributed by atoms with Gasteiger partial charge in [-0.05, 0) is 25.7 Å². The lowest BCUT2D eigenvalue weighted by Crippen LogP contribution is -2.37. The second-order valence-corrected chi connectivity index (χ2v) is 4.60. The molecule has 0 heterocycles. The number of aliphatic hydroxyl groups excluding tert-OH is 1. The van der Waals surface area contributed by atoms with Crippen LogP contribution in [0.4, 0.5) is 0 Å². The van der Waals surface area contributed by atoms with Crippen LogP contribution >= 0.6 is 0 Å². The highest BCUT2D eigenvalue weighted by Crippen LogP contribution is 2.61. The van der Waals surface area contributed by atoms with E-state index in [9.17, 15) is 9.90 Å². The molecule has 0 aromatic carbocycles. The lowest BCUT2D eigenvalue weighted by Gasteiger charge is -2.35. The summed E-state index contributed by atoms with van der Waals surface area (Å²) < 4.78 is 0. The van der Waals surface area contributed by atoms with E-state index in [1.807, 2.05) is 0 Å². The summed E-state index contributed by atoms with van der Waals surface area (Å²) in [6.07, 6.45) is 5.69. The van der Waals surface area contributed by atoms with Crippen molar-refractivity contribution in [2.24, 2.45) is 10.8 Å². The predicted octanol–water partition coefficient (Wildman–Crippen LogP) is 1.52. The van der Waals surface area contributed by atoms with Gasteiger partial charge in [0.1, 0.15) is 6.29 Å². The molecule has 0 amide bonds. The lowest BCUT2D eigenvalue weighted by molar-refractivity contribution is -0.122. The summed E-state index contributed by atoms with van der Waals surface area (Å²) in [6.45, 7) is 2.08. The molecule has 2 rings (SSSR count). The zero-order valence-electron chi connectivity index (χ0n) is 7.55. The Morgan fingerprint density at radius 1 is 1.42 bits per heavy atom. The molecule has 0 aromatic rings. The maximum Gasteiger partial charge on any atom is 0.126 e. The fourth-order valence-corrected chi connectivity index (χ4v) is 3.18. The number of carbonyl (C=O) groups is 1. The van der Waals surface area contributed by atoms with Crippen LogP contribution in [0.15, 0.2) is 0 Å². The molecule has 0 saturated heterocycles. The first-order valence-corrected chi connectivity index (χ1v) is 4.79. The summed E-state index contributed by atoms with van der Waals surface area (Å²) >= 11 is 0. The average molecular weight is 168 g/mol. The molecule has 0 unspecified atom stereocenters. The van der Waals surface area contributed by atoms with E-state index in [4.69, 9.17) is 0 Å².